The quantitative estimate of drug-likeness (QED) is 0.425. The van der Waals surface area contributed by atoms with Gasteiger partial charge >= 0.3 is 0 Å². The first-order valence-corrected chi connectivity index (χ1v) is 10.6. The molecule has 158 valence electrons. The molecule has 31 heavy (non-hydrogen) atoms. The van der Waals surface area contributed by atoms with Gasteiger partial charge in [0.1, 0.15) is 5.69 Å². The summed E-state index contributed by atoms with van der Waals surface area (Å²) < 4.78 is 17.1. The zero-order valence-corrected chi connectivity index (χ0v) is 17.9. The summed E-state index contributed by atoms with van der Waals surface area (Å²) >= 11 is 1.35. The first kappa shape index (κ1) is 20.7. The van der Waals surface area contributed by atoms with Crippen LogP contribution in [-0.2, 0) is 6.54 Å². The average molecular weight is 437 g/mol. The fourth-order valence-corrected chi connectivity index (χ4v) is 3.64. The highest BCUT2D eigenvalue weighted by molar-refractivity contribution is 7.14. The molecule has 0 unspecified atom stereocenters. The number of nitrogens with zero attached hydrogens (tertiary/aromatic N) is 5. The van der Waals surface area contributed by atoms with Crippen LogP contribution in [0.5, 0.6) is 0 Å². The summed E-state index contributed by atoms with van der Waals surface area (Å²) in [4.78, 5) is 25.1. The Kier molecular flexibility index (Phi) is 6.03. The monoisotopic (exact) mass is 436 g/mol. The number of carbonyl (C=O) groups excluding carboxylic acids is 1. The smallest absolute Gasteiger partial charge is 0.274 e. The number of nitrogens with one attached hydrogen (secondary N) is 1. The van der Waals surface area contributed by atoms with Crippen LogP contribution in [-0.4, -0.2) is 30.0 Å². The highest BCUT2D eigenvalue weighted by Crippen LogP contribution is 2.19. The molecule has 0 atom stereocenters. The number of hydrogen-bond donors (Lipinski definition) is 1. The highest BCUT2D eigenvalue weighted by atomic mass is 32.1. The van der Waals surface area contributed by atoms with Gasteiger partial charge in [-0.2, -0.15) is 4.39 Å². The third kappa shape index (κ3) is 5.13. The van der Waals surface area contributed by atoms with E-state index >= 15 is 0 Å². The van der Waals surface area contributed by atoms with Crippen LogP contribution in [0, 0.1) is 5.95 Å². The molecular formula is C22H21FN6OS. The minimum absolute atomic E-state index is 0.278. The van der Waals surface area contributed by atoms with Crippen LogP contribution in [0.2, 0.25) is 0 Å². The van der Waals surface area contributed by atoms with Crippen molar-refractivity contribution in [3.8, 4) is 0 Å². The summed E-state index contributed by atoms with van der Waals surface area (Å²) in [5.41, 5.74) is 2.77. The molecular weight excluding hydrogens is 415 g/mol. The van der Waals surface area contributed by atoms with Crippen LogP contribution in [0.15, 0.2) is 54.6 Å². The normalized spacial score (nSPS) is 11.5. The summed E-state index contributed by atoms with van der Waals surface area (Å²) in [6, 6.07) is 6.91. The lowest BCUT2D eigenvalue weighted by atomic mass is 10.2. The third-order valence-electron chi connectivity index (χ3n) is 4.59. The molecule has 0 saturated heterocycles. The number of carbonyl (C=O) groups is 1. The lowest BCUT2D eigenvalue weighted by Gasteiger charge is -2.09. The lowest BCUT2D eigenvalue weighted by molar-refractivity contribution is 0.101. The Morgan fingerprint density at radius 3 is 2.87 bits per heavy atom. The average Bonchev–Trinajstić information content (AvgIpc) is 3.47. The van der Waals surface area contributed by atoms with E-state index in [1.807, 2.05) is 28.3 Å². The van der Waals surface area contributed by atoms with Crippen molar-refractivity contribution in [3.05, 3.63) is 83.2 Å². The number of pyridine rings is 1. The SMILES string of the molecule is CC(C)n1cnc(/C=C/c2csc(NC(=O)c3cccn3Cc3ccnc(F)c3)n2)c1. The maximum Gasteiger partial charge on any atom is 0.274 e. The summed E-state index contributed by atoms with van der Waals surface area (Å²) in [7, 11) is 0. The van der Waals surface area contributed by atoms with Gasteiger partial charge in [-0.3, -0.25) is 10.1 Å². The van der Waals surface area contributed by atoms with Crippen molar-refractivity contribution < 1.29 is 9.18 Å². The van der Waals surface area contributed by atoms with Gasteiger partial charge in [0.05, 0.1) is 17.7 Å². The Hall–Kier alpha value is -3.59. The van der Waals surface area contributed by atoms with Crippen molar-refractivity contribution >= 4 is 34.5 Å². The molecule has 0 spiro atoms. The molecule has 9 heteroatoms. The van der Waals surface area contributed by atoms with E-state index < -0.39 is 5.95 Å². The minimum atomic E-state index is -0.546. The molecule has 0 aliphatic carbocycles. The second-order valence-corrected chi connectivity index (χ2v) is 8.07. The first-order chi connectivity index (χ1) is 15.0. The molecule has 0 radical (unpaired) electrons. The molecule has 0 aliphatic heterocycles. The Bertz CT molecular complexity index is 1220. The van der Waals surface area contributed by atoms with Gasteiger partial charge in [0, 0.05) is 36.6 Å². The van der Waals surface area contributed by atoms with E-state index in [1.165, 1.54) is 23.6 Å². The van der Waals surface area contributed by atoms with Crippen LogP contribution in [0.4, 0.5) is 9.52 Å². The Morgan fingerprint density at radius 1 is 1.26 bits per heavy atom. The van der Waals surface area contributed by atoms with Gasteiger partial charge in [-0.15, -0.1) is 11.3 Å². The summed E-state index contributed by atoms with van der Waals surface area (Å²) in [6.45, 7) is 4.55. The van der Waals surface area contributed by atoms with Crippen LogP contribution >= 0.6 is 11.3 Å². The van der Waals surface area contributed by atoms with E-state index in [9.17, 15) is 9.18 Å². The molecule has 0 fully saturated rings. The summed E-state index contributed by atoms with van der Waals surface area (Å²) in [6.07, 6.45) is 10.7. The maximum atomic E-state index is 13.3. The number of aromatic nitrogens is 5. The zero-order chi connectivity index (χ0) is 21.8. The predicted octanol–water partition coefficient (Wildman–Crippen LogP) is 4.73. The molecule has 4 aromatic rings. The number of amides is 1. The number of thiazole rings is 1. The van der Waals surface area contributed by atoms with E-state index in [1.54, 1.807) is 35.3 Å². The Labute approximate surface area is 182 Å². The number of anilines is 1. The minimum Gasteiger partial charge on any atom is -0.339 e. The standard InChI is InChI=1S/C22H21FN6OS/c1-15(2)29-12-17(25-14-29)5-6-18-13-31-22(26-18)27-21(30)19-4-3-9-28(19)11-16-7-8-24-20(23)10-16/h3-10,12-15H,11H2,1-2H3,(H,26,27,30)/b6-5+. The summed E-state index contributed by atoms with van der Waals surface area (Å²) in [5, 5.41) is 5.19. The number of rotatable bonds is 7. The molecule has 1 N–H and O–H groups in total. The van der Waals surface area contributed by atoms with Gasteiger partial charge in [0.2, 0.25) is 5.95 Å². The van der Waals surface area contributed by atoms with Gasteiger partial charge in [-0.25, -0.2) is 15.0 Å². The van der Waals surface area contributed by atoms with Crippen molar-refractivity contribution in [2.45, 2.75) is 26.4 Å². The molecule has 0 bridgehead atoms. The maximum absolute atomic E-state index is 13.3. The van der Waals surface area contributed by atoms with E-state index in [-0.39, 0.29) is 5.91 Å². The van der Waals surface area contributed by atoms with E-state index in [2.05, 4.69) is 34.1 Å². The van der Waals surface area contributed by atoms with Gasteiger partial charge in [-0.05, 0) is 55.8 Å². The first-order valence-electron chi connectivity index (χ1n) is 9.72. The number of hydrogen-bond acceptors (Lipinski definition) is 5. The van der Waals surface area contributed by atoms with Crippen molar-refractivity contribution in [3.63, 3.8) is 0 Å². The van der Waals surface area contributed by atoms with Gasteiger partial charge < -0.3 is 9.13 Å². The number of imidazole rings is 1. The summed E-state index contributed by atoms with van der Waals surface area (Å²) in [5.74, 6) is -0.824. The largest absolute Gasteiger partial charge is 0.339 e. The molecule has 1 amide bonds. The molecule has 4 rings (SSSR count). The van der Waals surface area contributed by atoms with E-state index in [0.29, 0.717) is 23.4 Å². The molecule has 4 heterocycles. The van der Waals surface area contributed by atoms with Crippen molar-refractivity contribution in [1.29, 1.82) is 0 Å². The second kappa shape index (κ2) is 9.05. The molecule has 0 saturated carbocycles. The molecule has 0 aliphatic rings. The third-order valence-corrected chi connectivity index (χ3v) is 5.37. The van der Waals surface area contributed by atoms with Crippen LogP contribution in [0.25, 0.3) is 12.2 Å². The van der Waals surface area contributed by atoms with Gasteiger partial charge in [-0.1, -0.05) is 0 Å². The zero-order valence-electron chi connectivity index (χ0n) is 17.1. The van der Waals surface area contributed by atoms with Gasteiger partial charge in [0.15, 0.2) is 5.13 Å². The van der Waals surface area contributed by atoms with Crippen LogP contribution in [0.1, 0.15) is 47.3 Å². The van der Waals surface area contributed by atoms with E-state index in [4.69, 9.17) is 0 Å². The fourth-order valence-electron chi connectivity index (χ4n) is 2.97. The topological polar surface area (TPSA) is 77.6 Å². The molecule has 0 aromatic carbocycles. The molecule has 7 nitrogen and oxygen atoms in total. The fraction of sp³-hybridized carbons (Fsp3) is 0.182. The Morgan fingerprint density at radius 2 is 2.10 bits per heavy atom. The van der Waals surface area contributed by atoms with Crippen LogP contribution < -0.4 is 5.32 Å². The number of halogens is 1. The predicted molar refractivity (Wildman–Crippen MR) is 119 cm³/mol. The van der Waals surface area contributed by atoms with Gasteiger partial charge in [0.25, 0.3) is 5.91 Å². The molecule has 4 aromatic heterocycles. The van der Waals surface area contributed by atoms with Crippen molar-refractivity contribution in [2.24, 2.45) is 0 Å². The lowest BCUT2D eigenvalue weighted by Crippen LogP contribution is -2.17. The highest BCUT2D eigenvalue weighted by Gasteiger charge is 2.13. The second-order valence-electron chi connectivity index (χ2n) is 7.21. The van der Waals surface area contributed by atoms with E-state index in [0.717, 1.165) is 17.0 Å². The van der Waals surface area contributed by atoms with Crippen molar-refractivity contribution in [1.82, 2.24) is 24.1 Å². The van der Waals surface area contributed by atoms with Crippen molar-refractivity contribution in [2.75, 3.05) is 5.32 Å². The van der Waals surface area contributed by atoms with Crippen LogP contribution in [0.3, 0.4) is 0 Å². The Balaban J connectivity index is 1.41.